The maximum absolute atomic E-state index is 13.1. The Kier molecular flexibility index (Phi) is 5.63. The standard InChI is InChI=1S/C20H17FN2O2S3/c1-2-23-19(25)17-14(16-4-3-9-26-16)10-27-18(17)22-20(23)28-11-15(24)12-5-7-13(21)8-6-12/h3-10,15,24H,2,11H2,1H3. The van der Waals surface area contributed by atoms with Gasteiger partial charge in [-0.05, 0) is 36.1 Å². The number of aromatic nitrogens is 2. The van der Waals surface area contributed by atoms with Crippen LogP contribution in [0.1, 0.15) is 18.6 Å². The first-order valence-electron chi connectivity index (χ1n) is 8.70. The third kappa shape index (κ3) is 3.65. The van der Waals surface area contributed by atoms with Gasteiger partial charge >= 0.3 is 0 Å². The Morgan fingerprint density at radius 2 is 2.04 bits per heavy atom. The van der Waals surface area contributed by atoms with Crippen molar-refractivity contribution in [1.29, 1.82) is 0 Å². The third-order valence-electron chi connectivity index (χ3n) is 4.39. The van der Waals surface area contributed by atoms with E-state index in [9.17, 15) is 14.3 Å². The molecule has 0 aliphatic rings. The molecule has 0 fully saturated rings. The zero-order valence-electron chi connectivity index (χ0n) is 15.0. The van der Waals surface area contributed by atoms with Gasteiger partial charge in [-0.2, -0.15) is 0 Å². The molecule has 0 amide bonds. The lowest BCUT2D eigenvalue weighted by Crippen LogP contribution is -2.22. The molecule has 0 saturated heterocycles. The fourth-order valence-corrected chi connectivity index (χ4v) is 5.78. The van der Waals surface area contributed by atoms with Gasteiger partial charge in [0.05, 0.1) is 11.5 Å². The van der Waals surface area contributed by atoms with Crippen LogP contribution in [-0.4, -0.2) is 20.4 Å². The summed E-state index contributed by atoms with van der Waals surface area (Å²) in [4.78, 5) is 19.6. The molecule has 1 N–H and O–H groups in total. The highest BCUT2D eigenvalue weighted by Gasteiger charge is 2.18. The number of aliphatic hydroxyl groups excluding tert-OH is 1. The molecule has 1 aromatic carbocycles. The number of benzene rings is 1. The summed E-state index contributed by atoms with van der Waals surface area (Å²) >= 11 is 4.39. The van der Waals surface area contributed by atoms with Crippen molar-refractivity contribution in [2.24, 2.45) is 0 Å². The van der Waals surface area contributed by atoms with Crippen molar-refractivity contribution in [2.45, 2.75) is 24.7 Å². The highest BCUT2D eigenvalue weighted by molar-refractivity contribution is 7.99. The van der Waals surface area contributed by atoms with Crippen molar-refractivity contribution in [1.82, 2.24) is 9.55 Å². The minimum absolute atomic E-state index is 0.0593. The average molecular weight is 433 g/mol. The van der Waals surface area contributed by atoms with Crippen molar-refractivity contribution in [3.05, 3.63) is 68.9 Å². The number of thiophene rings is 2. The van der Waals surface area contributed by atoms with Crippen LogP contribution < -0.4 is 5.56 Å². The van der Waals surface area contributed by atoms with E-state index in [4.69, 9.17) is 4.98 Å². The van der Waals surface area contributed by atoms with E-state index >= 15 is 0 Å². The second-order valence-corrected chi connectivity index (χ2v) is 8.92. The zero-order valence-corrected chi connectivity index (χ0v) is 17.4. The number of fused-ring (bicyclic) bond motifs is 1. The molecule has 0 aliphatic carbocycles. The van der Waals surface area contributed by atoms with Crippen LogP contribution in [0.15, 0.2) is 57.1 Å². The predicted octanol–water partition coefficient (Wildman–Crippen LogP) is 5.17. The van der Waals surface area contributed by atoms with E-state index < -0.39 is 6.10 Å². The molecule has 0 spiro atoms. The first-order valence-corrected chi connectivity index (χ1v) is 11.4. The fourth-order valence-electron chi connectivity index (χ4n) is 2.94. The molecule has 0 radical (unpaired) electrons. The first kappa shape index (κ1) is 19.3. The molecule has 1 unspecified atom stereocenters. The van der Waals surface area contributed by atoms with E-state index in [0.29, 0.717) is 33.2 Å². The molecule has 4 aromatic rings. The smallest absolute Gasteiger partial charge is 0.263 e. The van der Waals surface area contributed by atoms with Gasteiger partial charge in [0.2, 0.25) is 0 Å². The van der Waals surface area contributed by atoms with Gasteiger partial charge in [0.25, 0.3) is 5.56 Å². The van der Waals surface area contributed by atoms with E-state index in [2.05, 4.69) is 0 Å². The van der Waals surface area contributed by atoms with Crippen LogP contribution in [0.5, 0.6) is 0 Å². The monoisotopic (exact) mass is 432 g/mol. The summed E-state index contributed by atoms with van der Waals surface area (Å²) in [6, 6.07) is 9.76. The number of nitrogens with zero attached hydrogens (tertiary/aromatic N) is 2. The second kappa shape index (κ2) is 8.16. The summed E-state index contributed by atoms with van der Waals surface area (Å²) < 4.78 is 14.7. The van der Waals surface area contributed by atoms with Crippen LogP contribution in [0, 0.1) is 5.82 Å². The molecule has 4 rings (SSSR count). The van der Waals surface area contributed by atoms with Crippen LogP contribution in [0.2, 0.25) is 0 Å². The largest absolute Gasteiger partial charge is 0.388 e. The van der Waals surface area contributed by atoms with Gasteiger partial charge in [0.1, 0.15) is 10.6 Å². The topological polar surface area (TPSA) is 55.1 Å². The van der Waals surface area contributed by atoms with E-state index in [1.807, 2.05) is 29.8 Å². The zero-order chi connectivity index (χ0) is 19.7. The van der Waals surface area contributed by atoms with Crippen molar-refractivity contribution >= 4 is 44.7 Å². The number of aliphatic hydroxyl groups is 1. The van der Waals surface area contributed by atoms with Crippen LogP contribution in [0.25, 0.3) is 20.7 Å². The van der Waals surface area contributed by atoms with Crippen LogP contribution >= 0.6 is 34.4 Å². The Bertz CT molecular complexity index is 1150. The Morgan fingerprint density at radius 3 is 2.71 bits per heavy atom. The van der Waals surface area contributed by atoms with Gasteiger partial charge in [-0.3, -0.25) is 9.36 Å². The molecule has 0 aliphatic heterocycles. The lowest BCUT2D eigenvalue weighted by Gasteiger charge is -2.13. The number of hydrogen-bond donors (Lipinski definition) is 1. The normalized spacial score (nSPS) is 12.5. The minimum Gasteiger partial charge on any atom is -0.388 e. The lowest BCUT2D eigenvalue weighted by molar-refractivity contribution is 0.204. The molecule has 3 aromatic heterocycles. The molecule has 8 heteroatoms. The summed E-state index contributed by atoms with van der Waals surface area (Å²) in [6.45, 7) is 2.41. The van der Waals surface area contributed by atoms with Gasteiger partial charge in [-0.15, -0.1) is 22.7 Å². The minimum atomic E-state index is -0.770. The molecular formula is C20H17FN2O2S3. The van der Waals surface area contributed by atoms with Crippen LogP contribution in [0.3, 0.4) is 0 Å². The van der Waals surface area contributed by atoms with E-state index in [1.54, 1.807) is 28.0 Å². The molecular weight excluding hydrogens is 415 g/mol. The molecule has 3 heterocycles. The molecule has 144 valence electrons. The van der Waals surface area contributed by atoms with Crippen molar-refractivity contribution < 1.29 is 9.50 Å². The summed E-state index contributed by atoms with van der Waals surface area (Å²) in [5.41, 5.74) is 1.50. The third-order valence-corrected chi connectivity index (χ3v) is 7.21. The van der Waals surface area contributed by atoms with E-state index in [0.717, 1.165) is 10.4 Å². The summed E-state index contributed by atoms with van der Waals surface area (Å²) in [6.07, 6.45) is -0.770. The van der Waals surface area contributed by atoms with Gasteiger partial charge in [-0.25, -0.2) is 9.37 Å². The van der Waals surface area contributed by atoms with E-state index in [1.165, 1.54) is 35.2 Å². The van der Waals surface area contributed by atoms with Crippen molar-refractivity contribution in [2.75, 3.05) is 5.75 Å². The van der Waals surface area contributed by atoms with Crippen LogP contribution in [-0.2, 0) is 6.54 Å². The maximum atomic E-state index is 13.1. The summed E-state index contributed by atoms with van der Waals surface area (Å²) in [7, 11) is 0. The Balaban J connectivity index is 1.66. The quantitative estimate of drug-likeness (QED) is 0.337. The van der Waals surface area contributed by atoms with Gasteiger partial charge in [0.15, 0.2) is 5.16 Å². The number of thioether (sulfide) groups is 1. The lowest BCUT2D eigenvalue weighted by atomic mass is 10.1. The summed E-state index contributed by atoms with van der Waals surface area (Å²) in [5, 5.41) is 15.6. The van der Waals surface area contributed by atoms with Gasteiger partial charge < -0.3 is 5.11 Å². The number of halogens is 1. The Morgan fingerprint density at radius 1 is 1.25 bits per heavy atom. The molecule has 0 saturated carbocycles. The molecule has 4 nitrogen and oxygen atoms in total. The Labute approximate surface area is 173 Å². The SMILES string of the molecule is CCn1c(SCC(O)c2ccc(F)cc2)nc2scc(-c3cccs3)c2c1=O. The first-order chi connectivity index (χ1) is 13.6. The number of hydrogen-bond acceptors (Lipinski definition) is 6. The van der Waals surface area contributed by atoms with Crippen molar-refractivity contribution in [3.8, 4) is 10.4 Å². The highest BCUT2D eigenvalue weighted by Crippen LogP contribution is 2.35. The number of rotatable bonds is 6. The van der Waals surface area contributed by atoms with Crippen molar-refractivity contribution in [3.63, 3.8) is 0 Å². The highest BCUT2D eigenvalue weighted by atomic mass is 32.2. The Hall–Kier alpha value is -2.00. The maximum Gasteiger partial charge on any atom is 0.263 e. The van der Waals surface area contributed by atoms with Gasteiger partial charge in [-0.1, -0.05) is 30.0 Å². The molecule has 0 bridgehead atoms. The molecule has 28 heavy (non-hydrogen) atoms. The molecule has 1 atom stereocenters. The fraction of sp³-hybridized carbons (Fsp3) is 0.200. The average Bonchev–Trinajstić information content (AvgIpc) is 3.36. The second-order valence-electron chi connectivity index (χ2n) is 6.13. The van der Waals surface area contributed by atoms with Gasteiger partial charge in [0, 0.05) is 28.1 Å². The predicted molar refractivity (Wildman–Crippen MR) is 115 cm³/mol. The summed E-state index contributed by atoms with van der Waals surface area (Å²) in [5.74, 6) is -0.0120. The van der Waals surface area contributed by atoms with E-state index in [-0.39, 0.29) is 11.4 Å². The van der Waals surface area contributed by atoms with Crippen LogP contribution in [0.4, 0.5) is 4.39 Å².